The van der Waals surface area contributed by atoms with Crippen molar-refractivity contribution in [3.8, 4) is 5.75 Å². The summed E-state index contributed by atoms with van der Waals surface area (Å²) in [4.78, 5) is 10.6. The molecule has 0 fully saturated rings. The topological polar surface area (TPSA) is 90.4 Å². The van der Waals surface area contributed by atoms with Crippen LogP contribution in [0.5, 0.6) is 5.75 Å². The van der Waals surface area contributed by atoms with Crippen molar-refractivity contribution >= 4 is 29.3 Å². The Hall–Kier alpha value is -2.50. The number of allylic oxidation sites excluding steroid dienone is 1. The van der Waals surface area contributed by atoms with Crippen LogP contribution in [0, 0.1) is 6.92 Å². The molecule has 0 bridgehead atoms. The number of aryl methyl sites for hydroxylation is 1. The molecule has 0 aromatic heterocycles. The normalized spacial score (nSPS) is 11.1. The lowest BCUT2D eigenvalue weighted by atomic mass is 10.1. The standard InChI is InChI=1S/C11H14N2O.C8H9ClO.C4H11N/c1-8(7-14)11(12)9-5-3-4-6-10(9)13-2;1-6-3-4-8(10-2)7(9)5-6;1-4(2,3)5/h3-7,13H,12H2,1-2H3;3-5H,1-2H3;5H2,1-3H3/b11-8-;;. The number of ether oxygens (including phenoxy) is 1. The molecule has 6 heteroatoms. The highest BCUT2D eigenvalue weighted by molar-refractivity contribution is 6.32. The third-order valence-corrected chi connectivity index (χ3v) is 3.69. The zero-order chi connectivity index (χ0) is 22.6. The SMILES string of the molecule is CC(C)(C)N.CNc1ccccc1/C(N)=C(\C)C=O.COc1ccc(C)cc1Cl. The van der Waals surface area contributed by atoms with Crippen molar-refractivity contribution in [3.63, 3.8) is 0 Å². The number of carbonyl (C=O) groups excluding carboxylic acids is 1. The number of halogens is 1. The van der Waals surface area contributed by atoms with Gasteiger partial charge in [-0.25, -0.2) is 0 Å². The van der Waals surface area contributed by atoms with Gasteiger partial charge in [-0.2, -0.15) is 0 Å². The van der Waals surface area contributed by atoms with Gasteiger partial charge in [0.15, 0.2) is 0 Å². The summed E-state index contributed by atoms with van der Waals surface area (Å²) in [6.45, 7) is 9.59. The third kappa shape index (κ3) is 11.2. The van der Waals surface area contributed by atoms with Crippen molar-refractivity contribution in [2.24, 2.45) is 11.5 Å². The fourth-order valence-electron chi connectivity index (χ4n) is 1.98. The van der Waals surface area contributed by atoms with Gasteiger partial charge in [0.2, 0.25) is 0 Å². The average Bonchev–Trinajstić information content (AvgIpc) is 2.66. The van der Waals surface area contributed by atoms with Gasteiger partial charge in [0.1, 0.15) is 12.0 Å². The van der Waals surface area contributed by atoms with Gasteiger partial charge in [-0.15, -0.1) is 0 Å². The van der Waals surface area contributed by atoms with Gasteiger partial charge < -0.3 is 21.5 Å². The summed E-state index contributed by atoms with van der Waals surface area (Å²) in [7, 11) is 3.43. The van der Waals surface area contributed by atoms with Gasteiger partial charge >= 0.3 is 0 Å². The highest BCUT2D eigenvalue weighted by atomic mass is 35.5. The van der Waals surface area contributed by atoms with Gasteiger partial charge in [-0.05, 0) is 58.4 Å². The van der Waals surface area contributed by atoms with Crippen molar-refractivity contribution in [1.82, 2.24) is 0 Å². The number of benzene rings is 2. The minimum absolute atomic E-state index is 0. The average molecular weight is 420 g/mol. The molecule has 5 N–H and O–H groups in total. The Labute approximate surface area is 180 Å². The molecule has 0 unspecified atom stereocenters. The summed E-state index contributed by atoms with van der Waals surface area (Å²) in [5.41, 5.74) is 15.2. The lowest BCUT2D eigenvalue weighted by molar-refractivity contribution is -0.104. The monoisotopic (exact) mass is 419 g/mol. The third-order valence-electron chi connectivity index (χ3n) is 3.40. The van der Waals surface area contributed by atoms with E-state index in [0.29, 0.717) is 16.3 Å². The van der Waals surface area contributed by atoms with Gasteiger partial charge in [-0.1, -0.05) is 35.9 Å². The van der Waals surface area contributed by atoms with Gasteiger partial charge in [0.25, 0.3) is 0 Å². The molecule has 0 saturated heterocycles. The van der Waals surface area contributed by atoms with Gasteiger partial charge in [0.05, 0.1) is 12.1 Å². The van der Waals surface area contributed by atoms with Crippen LogP contribution < -0.4 is 21.5 Å². The highest BCUT2D eigenvalue weighted by Crippen LogP contribution is 2.24. The number of carbonyl (C=O) groups is 1. The lowest BCUT2D eigenvalue weighted by Gasteiger charge is -2.09. The van der Waals surface area contributed by atoms with E-state index in [-0.39, 0.29) is 5.54 Å². The fourth-order valence-corrected chi connectivity index (χ4v) is 2.30. The maximum Gasteiger partial charge on any atom is 0.147 e. The summed E-state index contributed by atoms with van der Waals surface area (Å²) < 4.78 is 4.97. The Bertz CT molecular complexity index is 806. The number of hydrogen-bond acceptors (Lipinski definition) is 5. The molecule has 29 heavy (non-hydrogen) atoms. The minimum Gasteiger partial charge on any atom is -0.495 e. The van der Waals surface area contributed by atoms with Crippen LogP contribution in [0.25, 0.3) is 5.70 Å². The number of rotatable bonds is 4. The molecule has 0 aliphatic rings. The first-order valence-corrected chi connectivity index (χ1v) is 9.60. The molecule has 5 nitrogen and oxygen atoms in total. The summed E-state index contributed by atoms with van der Waals surface area (Å²) in [5, 5.41) is 3.69. The number of anilines is 1. The zero-order valence-electron chi connectivity index (χ0n) is 18.5. The second-order valence-corrected chi connectivity index (χ2v) is 7.92. The Morgan fingerprint density at radius 2 is 1.72 bits per heavy atom. The number of methoxy groups -OCH3 is 1. The van der Waals surface area contributed by atoms with Crippen LogP contribution in [0.2, 0.25) is 5.02 Å². The molecule has 2 aromatic carbocycles. The van der Waals surface area contributed by atoms with Crippen LogP contribution in [0.4, 0.5) is 5.69 Å². The molecule has 2 rings (SSSR count). The molecule has 0 heterocycles. The van der Waals surface area contributed by atoms with E-state index in [9.17, 15) is 4.79 Å². The molecular weight excluding hydrogens is 386 g/mol. The van der Waals surface area contributed by atoms with E-state index < -0.39 is 0 Å². The van der Waals surface area contributed by atoms with Crippen LogP contribution in [-0.4, -0.2) is 26.0 Å². The Kier molecular flexibility index (Phi) is 11.8. The summed E-state index contributed by atoms with van der Waals surface area (Å²) in [6.07, 6.45) is 0.766. The predicted molar refractivity (Wildman–Crippen MR) is 126 cm³/mol. The number of hydrogen-bond donors (Lipinski definition) is 3. The van der Waals surface area contributed by atoms with E-state index >= 15 is 0 Å². The van der Waals surface area contributed by atoms with Crippen molar-refractivity contribution in [3.05, 3.63) is 64.2 Å². The van der Waals surface area contributed by atoms with Crippen molar-refractivity contribution in [2.75, 3.05) is 19.5 Å². The quantitative estimate of drug-likeness (QED) is 0.478. The molecule has 0 atom stereocenters. The van der Waals surface area contributed by atoms with E-state index in [1.165, 1.54) is 0 Å². The van der Waals surface area contributed by atoms with Crippen LogP contribution >= 0.6 is 11.6 Å². The van der Waals surface area contributed by atoms with Crippen LogP contribution in [-0.2, 0) is 4.79 Å². The van der Waals surface area contributed by atoms with Crippen LogP contribution in [0.3, 0.4) is 0 Å². The van der Waals surface area contributed by atoms with Gasteiger partial charge in [0, 0.05) is 35.1 Å². The molecule has 0 radical (unpaired) electrons. The molecule has 2 aromatic rings. The Morgan fingerprint density at radius 1 is 1.17 bits per heavy atom. The Balaban J connectivity index is 0.000000455. The van der Waals surface area contributed by atoms with Gasteiger partial charge in [-0.3, -0.25) is 4.79 Å². The first kappa shape index (κ1) is 26.5. The van der Waals surface area contributed by atoms with Crippen molar-refractivity contribution in [2.45, 2.75) is 40.2 Å². The maximum absolute atomic E-state index is 10.6. The highest BCUT2D eigenvalue weighted by Gasteiger charge is 2.05. The van der Waals surface area contributed by atoms with E-state index in [1.807, 2.05) is 77.2 Å². The van der Waals surface area contributed by atoms with Crippen LogP contribution in [0.15, 0.2) is 48.0 Å². The van der Waals surface area contributed by atoms with E-state index in [2.05, 4.69) is 5.32 Å². The molecule has 0 aliphatic heterocycles. The lowest BCUT2D eigenvalue weighted by Crippen LogP contribution is -2.26. The number of nitrogens with two attached hydrogens (primary N) is 2. The smallest absolute Gasteiger partial charge is 0.147 e. The van der Waals surface area contributed by atoms with Crippen LogP contribution in [0.1, 0.15) is 38.8 Å². The second-order valence-electron chi connectivity index (χ2n) is 7.51. The Morgan fingerprint density at radius 3 is 2.17 bits per heavy atom. The van der Waals surface area contributed by atoms with Crippen molar-refractivity contribution in [1.29, 1.82) is 0 Å². The molecule has 0 amide bonds. The molecule has 160 valence electrons. The zero-order valence-corrected chi connectivity index (χ0v) is 19.2. The second kappa shape index (κ2) is 12.9. The fraction of sp³-hybridized carbons (Fsp3) is 0.348. The molecule has 0 aliphatic carbocycles. The van der Waals surface area contributed by atoms with E-state index in [1.54, 1.807) is 14.0 Å². The summed E-state index contributed by atoms with van der Waals surface area (Å²) in [6, 6.07) is 13.3. The molecular formula is C23H34ClN3O2. The summed E-state index contributed by atoms with van der Waals surface area (Å²) >= 11 is 5.80. The first-order valence-electron chi connectivity index (χ1n) is 9.22. The molecule has 0 spiro atoms. The van der Waals surface area contributed by atoms with Crippen molar-refractivity contribution < 1.29 is 9.53 Å². The number of para-hydroxylation sites is 1. The molecule has 0 saturated carbocycles. The predicted octanol–water partition coefficient (Wildman–Crippen LogP) is 5.02. The minimum atomic E-state index is 0. The van der Waals surface area contributed by atoms with E-state index in [0.717, 1.165) is 28.8 Å². The summed E-state index contributed by atoms with van der Waals surface area (Å²) in [5.74, 6) is 0.729. The largest absolute Gasteiger partial charge is 0.495 e. The maximum atomic E-state index is 10.6. The van der Waals surface area contributed by atoms with E-state index in [4.69, 9.17) is 27.8 Å². The number of nitrogens with one attached hydrogen (secondary N) is 1. The first-order chi connectivity index (χ1) is 13.4. The number of aldehydes is 1.